The Morgan fingerprint density at radius 3 is 2.47 bits per heavy atom. The van der Waals surface area contributed by atoms with Crippen LogP contribution in [0.25, 0.3) is 42.9 Å². The molecular weight excluding hydrogens is 492 g/mol. The SMILES string of the molecule is O=C(Nc1ccc(Cl)c(-c2nc3ccccc3s2)c1)c1ccc(-c2cc3ccccc3oc2=O)cc1. The fraction of sp³-hybridized carbons (Fsp3) is 0. The lowest BCUT2D eigenvalue weighted by Crippen LogP contribution is -2.12. The molecule has 2 heterocycles. The van der Waals surface area contributed by atoms with Gasteiger partial charge in [0.2, 0.25) is 0 Å². The summed E-state index contributed by atoms with van der Waals surface area (Å²) in [5, 5.41) is 5.11. The van der Waals surface area contributed by atoms with E-state index in [0.717, 1.165) is 26.2 Å². The van der Waals surface area contributed by atoms with Gasteiger partial charge >= 0.3 is 5.63 Å². The number of carbonyl (C=O) groups excluding carboxylic acids is 1. The predicted molar refractivity (Wildman–Crippen MR) is 146 cm³/mol. The highest BCUT2D eigenvalue weighted by molar-refractivity contribution is 7.21. The third-order valence-corrected chi connectivity index (χ3v) is 7.25. The molecule has 0 aliphatic rings. The van der Waals surface area contributed by atoms with Crippen molar-refractivity contribution < 1.29 is 9.21 Å². The maximum atomic E-state index is 12.9. The summed E-state index contributed by atoms with van der Waals surface area (Å²) < 4.78 is 6.50. The quantitative estimate of drug-likeness (QED) is 0.248. The van der Waals surface area contributed by atoms with Gasteiger partial charge in [0.25, 0.3) is 5.91 Å². The molecule has 4 aromatic carbocycles. The first-order chi connectivity index (χ1) is 17.5. The van der Waals surface area contributed by atoms with Gasteiger partial charge in [-0.1, -0.05) is 54.1 Å². The van der Waals surface area contributed by atoms with Crippen molar-refractivity contribution in [2.24, 2.45) is 0 Å². The minimum atomic E-state index is -0.422. The molecule has 1 amide bonds. The highest BCUT2D eigenvalue weighted by atomic mass is 35.5. The molecule has 0 bridgehead atoms. The standard InChI is InChI=1S/C29H17ClN2O3S/c30-23-14-13-20(16-22(23)28-32-24-6-2-4-8-26(24)36-28)31-27(33)18-11-9-17(10-12-18)21-15-19-5-1-3-7-25(19)35-29(21)34/h1-16H,(H,31,33). The van der Waals surface area contributed by atoms with Crippen molar-refractivity contribution in [1.82, 2.24) is 4.98 Å². The fourth-order valence-electron chi connectivity index (χ4n) is 4.02. The molecule has 6 aromatic rings. The summed E-state index contributed by atoms with van der Waals surface area (Å²) in [6.07, 6.45) is 0. The van der Waals surface area contributed by atoms with Crippen LogP contribution in [0.15, 0.2) is 106 Å². The Bertz CT molecular complexity index is 1790. The number of benzene rings is 4. The van der Waals surface area contributed by atoms with Crippen molar-refractivity contribution in [3.05, 3.63) is 118 Å². The largest absolute Gasteiger partial charge is 0.422 e. The second-order valence-electron chi connectivity index (χ2n) is 8.20. The van der Waals surface area contributed by atoms with Gasteiger partial charge in [0.05, 0.1) is 20.8 Å². The predicted octanol–water partition coefficient (Wildman–Crippen LogP) is 7.64. The van der Waals surface area contributed by atoms with Gasteiger partial charge in [0.1, 0.15) is 10.6 Å². The van der Waals surface area contributed by atoms with Gasteiger partial charge in [-0.2, -0.15) is 0 Å². The Morgan fingerprint density at radius 1 is 0.861 bits per heavy atom. The molecular formula is C29H17ClN2O3S. The summed E-state index contributed by atoms with van der Waals surface area (Å²) in [5.74, 6) is -0.273. The molecule has 0 fully saturated rings. The zero-order chi connectivity index (χ0) is 24.6. The van der Waals surface area contributed by atoms with E-state index in [1.54, 1.807) is 59.9 Å². The van der Waals surface area contributed by atoms with E-state index in [0.29, 0.717) is 33.0 Å². The van der Waals surface area contributed by atoms with Gasteiger partial charge in [-0.05, 0) is 60.2 Å². The van der Waals surface area contributed by atoms with Gasteiger partial charge in [0.15, 0.2) is 0 Å². The van der Waals surface area contributed by atoms with Crippen LogP contribution in [-0.2, 0) is 0 Å². The topological polar surface area (TPSA) is 72.2 Å². The second kappa shape index (κ2) is 9.07. The van der Waals surface area contributed by atoms with E-state index in [-0.39, 0.29) is 5.91 Å². The summed E-state index contributed by atoms with van der Waals surface area (Å²) in [4.78, 5) is 30.1. The van der Waals surface area contributed by atoms with Crippen LogP contribution >= 0.6 is 22.9 Å². The van der Waals surface area contributed by atoms with Gasteiger partial charge in [-0.3, -0.25) is 4.79 Å². The molecule has 1 N–H and O–H groups in total. The minimum absolute atomic E-state index is 0.273. The lowest BCUT2D eigenvalue weighted by Gasteiger charge is -2.09. The molecule has 2 aromatic heterocycles. The first-order valence-electron chi connectivity index (χ1n) is 11.2. The van der Waals surface area contributed by atoms with E-state index in [9.17, 15) is 9.59 Å². The van der Waals surface area contributed by atoms with Crippen molar-refractivity contribution in [2.45, 2.75) is 0 Å². The van der Waals surface area contributed by atoms with Crippen LogP contribution in [0.3, 0.4) is 0 Å². The smallest absolute Gasteiger partial charge is 0.344 e. The van der Waals surface area contributed by atoms with Crippen molar-refractivity contribution in [2.75, 3.05) is 5.32 Å². The highest BCUT2D eigenvalue weighted by Gasteiger charge is 2.14. The summed E-state index contributed by atoms with van der Waals surface area (Å²) in [6.45, 7) is 0. The number of amides is 1. The number of hydrogen-bond acceptors (Lipinski definition) is 5. The molecule has 5 nitrogen and oxygen atoms in total. The molecule has 174 valence electrons. The molecule has 0 saturated carbocycles. The maximum Gasteiger partial charge on any atom is 0.344 e. The number of anilines is 1. The summed E-state index contributed by atoms with van der Waals surface area (Å²) in [7, 11) is 0. The monoisotopic (exact) mass is 508 g/mol. The number of carbonyl (C=O) groups is 1. The maximum absolute atomic E-state index is 12.9. The zero-order valence-corrected chi connectivity index (χ0v) is 20.3. The average Bonchev–Trinajstić information content (AvgIpc) is 3.33. The van der Waals surface area contributed by atoms with Gasteiger partial charge in [-0.25, -0.2) is 9.78 Å². The van der Waals surface area contributed by atoms with E-state index in [4.69, 9.17) is 16.0 Å². The van der Waals surface area contributed by atoms with E-state index < -0.39 is 5.63 Å². The fourth-order valence-corrected chi connectivity index (χ4v) is 5.28. The minimum Gasteiger partial charge on any atom is -0.422 e. The summed E-state index contributed by atoms with van der Waals surface area (Å²) in [6, 6.07) is 29.2. The molecule has 0 atom stereocenters. The number of para-hydroxylation sites is 2. The molecule has 0 aliphatic heterocycles. The van der Waals surface area contributed by atoms with Crippen molar-refractivity contribution >= 4 is 55.7 Å². The third kappa shape index (κ3) is 4.17. The van der Waals surface area contributed by atoms with Crippen LogP contribution < -0.4 is 10.9 Å². The molecule has 0 unspecified atom stereocenters. The van der Waals surface area contributed by atoms with Crippen molar-refractivity contribution in [1.29, 1.82) is 0 Å². The molecule has 7 heteroatoms. The van der Waals surface area contributed by atoms with Crippen LogP contribution in [0.2, 0.25) is 5.02 Å². The molecule has 6 rings (SSSR count). The normalized spacial score (nSPS) is 11.1. The molecule has 36 heavy (non-hydrogen) atoms. The Labute approximate surface area is 214 Å². The average molecular weight is 509 g/mol. The molecule has 0 saturated heterocycles. The highest BCUT2D eigenvalue weighted by Crippen LogP contribution is 2.36. The lowest BCUT2D eigenvalue weighted by atomic mass is 10.0. The molecule has 0 spiro atoms. The number of fused-ring (bicyclic) bond motifs is 2. The van der Waals surface area contributed by atoms with Crippen molar-refractivity contribution in [3.8, 4) is 21.7 Å². The van der Waals surface area contributed by atoms with E-state index >= 15 is 0 Å². The number of aromatic nitrogens is 1. The van der Waals surface area contributed by atoms with Gasteiger partial charge in [0, 0.05) is 22.2 Å². The number of nitrogens with one attached hydrogen (secondary N) is 1. The van der Waals surface area contributed by atoms with Gasteiger partial charge in [-0.15, -0.1) is 11.3 Å². The first-order valence-corrected chi connectivity index (χ1v) is 12.3. The number of nitrogens with zero attached hydrogens (tertiary/aromatic N) is 1. The third-order valence-electron chi connectivity index (χ3n) is 5.85. The molecule has 0 aliphatic carbocycles. The number of rotatable bonds is 4. The number of thiazole rings is 1. The van der Waals surface area contributed by atoms with E-state index in [1.165, 1.54) is 0 Å². The number of halogens is 1. The van der Waals surface area contributed by atoms with Crippen LogP contribution in [0.4, 0.5) is 5.69 Å². The van der Waals surface area contributed by atoms with Gasteiger partial charge < -0.3 is 9.73 Å². The Morgan fingerprint density at radius 2 is 1.64 bits per heavy atom. The first kappa shape index (κ1) is 22.2. The van der Waals surface area contributed by atoms with Crippen LogP contribution in [0, 0.1) is 0 Å². The van der Waals surface area contributed by atoms with Crippen LogP contribution in [0.1, 0.15) is 10.4 Å². The summed E-state index contributed by atoms with van der Waals surface area (Å²) >= 11 is 8.01. The van der Waals surface area contributed by atoms with E-state index in [1.807, 2.05) is 48.5 Å². The second-order valence-corrected chi connectivity index (χ2v) is 9.64. The van der Waals surface area contributed by atoms with E-state index in [2.05, 4.69) is 10.3 Å². The molecule has 0 radical (unpaired) electrons. The Hall–Kier alpha value is -4.26. The number of hydrogen-bond donors (Lipinski definition) is 1. The Kier molecular flexibility index (Phi) is 5.60. The van der Waals surface area contributed by atoms with Crippen molar-refractivity contribution in [3.63, 3.8) is 0 Å². The van der Waals surface area contributed by atoms with Crippen LogP contribution in [-0.4, -0.2) is 10.9 Å². The van der Waals surface area contributed by atoms with Crippen LogP contribution in [0.5, 0.6) is 0 Å². The summed E-state index contributed by atoms with van der Waals surface area (Å²) in [5.41, 5.74) is 3.97. The lowest BCUT2D eigenvalue weighted by molar-refractivity contribution is 0.102. The zero-order valence-electron chi connectivity index (χ0n) is 18.7. The Balaban J connectivity index is 1.25.